The number of anilines is 2. The van der Waals surface area contributed by atoms with E-state index in [9.17, 15) is 4.79 Å². The molecule has 7 heteroatoms. The summed E-state index contributed by atoms with van der Waals surface area (Å²) in [5, 5.41) is 0. The highest BCUT2D eigenvalue weighted by atomic mass is 16.2. The van der Waals surface area contributed by atoms with Crippen molar-refractivity contribution in [3.05, 3.63) is 11.8 Å². The summed E-state index contributed by atoms with van der Waals surface area (Å²) in [7, 11) is 3.46. The first-order chi connectivity index (χ1) is 8.47. The first kappa shape index (κ1) is 14.2. The summed E-state index contributed by atoms with van der Waals surface area (Å²) in [6.45, 7) is 4.79. The molecule has 3 N–H and O–H groups in total. The third kappa shape index (κ3) is 3.56. The molecule has 1 amide bonds. The highest BCUT2D eigenvalue weighted by Crippen LogP contribution is 2.14. The van der Waals surface area contributed by atoms with E-state index in [1.807, 2.05) is 24.8 Å². The molecule has 1 aromatic rings. The lowest BCUT2D eigenvalue weighted by atomic mass is 10.3. The molecule has 0 aromatic carbocycles. The quantitative estimate of drug-likeness (QED) is 0.566. The summed E-state index contributed by atoms with van der Waals surface area (Å²) in [6.07, 6.45) is 0. The fourth-order valence-corrected chi connectivity index (χ4v) is 1.44. The predicted octanol–water partition coefficient (Wildman–Crippen LogP) is -0.0149. The van der Waals surface area contributed by atoms with Crippen LogP contribution in [0.1, 0.15) is 12.6 Å². The number of nitrogens with one attached hydrogen (secondary N) is 1. The zero-order valence-corrected chi connectivity index (χ0v) is 11.3. The molecule has 0 bridgehead atoms. The van der Waals surface area contributed by atoms with Gasteiger partial charge in [0.25, 0.3) is 0 Å². The number of aryl methyl sites for hydroxylation is 1. The van der Waals surface area contributed by atoms with Gasteiger partial charge in [0.1, 0.15) is 5.82 Å². The molecule has 7 nitrogen and oxygen atoms in total. The first-order valence-electron chi connectivity index (χ1n) is 5.75. The molecule has 1 heterocycles. The van der Waals surface area contributed by atoms with E-state index in [-0.39, 0.29) is 12.5 Å². The average molecular weight is 252 g/mol. The number of carbonyl (C=O) groups is 1. The molecule has 1 aromatic heterocycles. The van der Waals surface area contributed by atoms with Crippen LogP contribution in [0, 0.1) is 6.92 Å². The largest absolute Gasteiger partial charge is 0.347 e. The van der Waals surface area contributed by atoms with Gasteiger partial charge in [0, 0.05) is 32.4 Å². The van der Waals surface area contributed by atoms with Gasteiger partial charge in [-0.05, 0) is 13.8 Å². The number of nitrogens with two attached hydrogens (primary N) is 1. The maximum Gasteiger partial charge on any atom is 0.241 e. The molecule has 0 atom stereocenters. The molecular formula is C11H20N6O. The lowest BCUT2D eigenvalue weighted by molar-refractivity contribution is -0.127. The first-order valence-corrected chi connectivity index (χ1v) is 5.75. The maximum atomic E-state index is 11.7. The monoisotopic (exact) mass is 252 g/mol. The van der Waals surface area contributed by atoms with Crippen LogP contribution in [0.3, 0.4) is 0 Å². The second kappa shape index (κ2) is 6.15. The van der Waals surface area contributed by atoms with Crippen LogP contribution in [0.2, 0.25) is 0 Å². The van der Waals surface area contributed by atoms with Crippen LogP contribution in [0.5, 0.6) is 0 Å². The summed E-state index contributed by atoms with van der Waals surface area (Å²) in [5.41, 5.74) is 3.21. The van der Waals surface area contributed by atoms with Gasteiger partial charge in [-0.15, -0.1) is 0 Å². The molecule has 0 aliphatic heterocycles. The fraction of sp³-hybridized carbons (Fsp3) is 0.545. The van der Waals surface area contributed by atoms with E-state index in [1.165, 1.54) is 0 Å². The number of hydrazine groups is 1. The Bertz CT molecular complexity index is 420. The van der Waals surface area contributed by atoms with E-state index in [0.717, 1.165) is 5.69 Å². The van der Waals surface area contributed by atoms with Gasteiger partial charge < -0.3 is 9.80 Å². The Morgan fingerprint density at radius 1 is 1.44 bits per heavy atom. The number of hydrogen-bond acceptors (Lipinski definition) is 6. The molecule has 0 unspecified atom stereocenters. The molecule has 0 radical (unpaired) electrons. The SMILES string of the molecule is CCN(CC(=O)N(C)C)c1cc(C)nc(NN)n1. The van der Waals surface area contributed by atoms with E-state index in [2.05, 4.69) is 15.4 Å². The van der Waals surface area contributed by atoms with Gasteiger partial charge in [-0.25, -0.2) is 10.8 Å². The van der Waals surface area contributed by atoms with E-state index in [4.69, 9.17) is 5.84 Å². The van der Waals surface area contributed by atoms with E-state index in [0.29, 0.717) is 18.3 Å². The van der Waals surface area contributed by atoms with Crippen molar-refractivity contribution in [2.75, 3.05) is 37.5 Å². The summed E-state index contributed by atoms with van der Waals surface area (Å²) in [6, 6.07) is 1.83. The van der Waals surface area contributed by atoms with Crippen LogP contribution in [0.25, 0.3) is 0 Å². The van der Waals surface area contributed by atoms with E-state index < -0.39 is 0 Å². The van der Waals surface area contributed by atoms with E-state index >= 15 is 0 Å². The van der Waals surface area contributed by atoms with Gasteiger partial charge >= 0.3 is 0 Å². The van der Waals surface area contributed by atoms with Gasteiger partial charge in [-0.1, -0.05) is 0 Å². The third-order valence-electron chi connectivity index (χ3n) is 2.50. The van der Waals surface area contributed by atoms with Gasteiger partial charge in [-0.3, -0.25) is 10.2 Å². The van der Waals surface area contributed by atoms with Gasteiger partial charge in [-0.2, -0.15) is 4.98 Å². The molecule has 0 aliphatic carbocycles. The van der Waals surface area contributed by atoms with Crippen molar-refractivity contribution in [1.29, 1.82) is 0 Å². The highest BCUT2D eigenvalue weighted by molar-refractivity contribution is 5.80. The van der Waals surface area contributed by atoms with Crippen LogP contribution < -0.4 is 16.2 Å². The summed E-state index contributed by atoms with van der Waals surface area (Å²) < 4.78 is 0. The molecule has 0 saturated heterocycles. The molecular weight excluding hydrogens is 232 g/mol. The smallest absolute Gasteiger partial charge is 0.241 e. The zero-order chi connectivity index (χ0) is 13.7. The van der Waals surface area contributed by atoms with Crippen molar-refractivity contribution in [2.24, 2.45) is 5.84 Å². The van der Waals surface area contributed by atoms with Crippen molar-refractivity contribution >= 4 is 17.7 Å². The van der Waals surface area contributed by atoms with Crippen LogP contribution in [0.4, 0.5) is 11.8 Å². The molecule has 0 saturated carbocycles. The number of amides is 1. The number of nitrogens with zero attached hydrogens (tertiary/aromatic N) is 4. The third-order valence-corrected chi connectivity index (χ3v) is 2.50. The summed E-state index contributed by atoms with van der Waals surface area (Å²) in [5.74, 6) is 6.37. The van der Waals surface area contributed by atoms with Crippen molar-refractivity contribution in [3.8, 4) is 0 Å². The minimum atomic E-state index is 0.0235. The predicted molar refractivity (Wildman–Crippen MR) is 71.2 cm³/mol. The van der Waals surface area contributed by atoms with E-state index in [1.54, 1.807) is 19.0 Å². The molecule has 100 valence electrons. The molecule has 0 spiro atoms. The Morgan fingerprint density at radius 3 is 2.61 bits per heavy atom. The number of likely N-dealkylation sites (N-methyl/N-ethyl adjacent to an activating group) is 2. The number of rotatable bonds is 5. The summed E-state index contributed by atoms with van der Waals surface area (Å²) in [4.78, 5) is 23.5. The Morgan fingerprint density at radius 2 is 2.11 bits per heavy atom. The van der Waals surface area contributed by atoms with Crippen molar-refractivity contribution in [3.63, 3.8) is 0 Å². The van der Waals surface area contributed by atoms with Crippen molar-refractivity contribution in [1.82, 2.24) is 14.9 Å². The highest BCUT2D eigenvalue weighted by Gasteiger charge is 2.14. The molecule has 1 rings (SSSR count). The lowest BCUT2D eigenvalue weighted by Crippen LogP contribution is -2.37. The average Bonchev–Trinajstić information content (AvgIpc) is 2.34. The van der Waals surface area contributed by atoms with Crippen LogP contribution >= 0.6 is 0 Å². The minimum absolute atomic E-state index is 0.0235. The second-order valence-corrected chi connectivity index (χ2v) is 4.14. The van der Waals surface area contributed by atoms with Crippen LogP contribution in [-0.4, -0.2) is 48.0 Å². The topological polar surface area (TPSA) is 87.4 Å². The second-order valence-electron chi connectivity index (χ2n) is 4.14. The molecule has 0 fully saturated rings. The number of nitrogen functional groups attached to an aromatic ring is 1. The van der Waals surface area contributed by atoms with Gasteiger partial charge in [0.15, 0.2) is 0 Å². The number of aromatic nitrogens is 2. The maximum absolute atomic E-state index is 11.7. The summed E-state index contributed by atoms with van der Waals surface area (Å²) >= 11 is 0. The van der Waals surface area contributed by atoms with Gasteiger partial charge in [0.2, 0.25) is 11.9 Å². The van der Waals surface area contributed by atoms with Crippen LogP contribution in [-0.2, 0) is 4.79 Å². The molecule has 18 heavy (non-hydrogen) atoms. The lowest BCUT2D eigenvalue weighted by Gasteiger charge is -2.23. The minimum Gasteiger partial charge on any atom is -0.347 e. The van der Waals surface area contributed by atoms with Crippen molar-refractivity contribution in [2.45, 2.75) is 13.8 Å². The number of carbonyl (C=O) groups excluding carboxylic acids is 1. The van der Waals surface area contributed by atoms with Gasteiger partial charge in [0.05, 0.1) is 6.54 Å². The molecule has 0 aliphatic rings. The Kier molecular flexibility index (Phi) is 4.85. The zero-order valence-electron chi connectivity index (χ0n) is 11.3. The number of hydrogen-bond donors (Lipinski definition) is 2. The normalized spacial score (nSPS) is 10.1. The van der Waals surface area contributed by atoms with Crippen molar-refractivity contribution < 1.29 is 4.79 Å². The van der Waals surface area contributed by atoms with Crippen LogP contribution in [0.15, 0.2) is 6.07 Å². The Balaban J connectivity index is 2.94. The Hall–Kier alpha value is -1.89. The Labute approximate surface area is 107 Å². The standard InChI is InChI=1S/C11H20N6O/c1-5-17(7-10(18)16(3)4)9-6-8(2)13-11(14-9)15-12/h6H,5,7,12H2,1-4H3,(H,13,14,15). The fourth-order valence-electron chi connectivity index (χ4n) is 1.44.